The van der Waals surface area contributed by atoms with Gasteiger partial charge in [0.15, 0.2) is 10.2 Å². The van der Waals surface area contributed by atoms with E-state index < -0.39 is 33.8 Å². The number of benzene rings is 4. The Labute approximate surface area is 233 Å². The normalized spacial score (nSPS) is 20.7. The Balaban J connectivity index is 1.52. The van der Waals surface area contributed by atoms with E-state index in [4.69, 9.17) is 14.2 Å². The lowest BCUT2D eigenvalue weighted by atomic mass is 9.80. The van der Waals surface area contributed by atoms with E-state index >= 15 is 8.78 Å². The summed E-state index contributed by atoms with van der Waals surface area (Å²) >= 11 is 1.54. The molecular weight excluding hydrogens is 601 g/mol. The topological polar surface area (TPSA) is 44.8 Å². The van der Waals surface area contributed by atoms with Crippen molar-refractivity contribution in [2.45, 2.75) is 27.8 Å². The number of esters is 1. The number of hydrogen-bond donors (Lipinski definition) is 0. The van der Waals surface area contributed by atoms with Gasteiger partial charge >= 0.3 is 11.9 Å². The Morgan fingerprint density at radius 1 is 0.763 bits per heavy atom. The minimum absolute atomic E-state index is 0.187. The van der Waals surface area contributed by atoms with Crippen LogP contribution in [0.4, 0.5) is 8.78 Å². The summed E-state index contributed by atoms with van der Waals surface area (Å²) in [7, 11) is 0. The molecule has 0 aliphatic carbocycles. The van der Waals surface area contributed by atoms with Crippen LogP contribution in [0.2, 0.25) is 0 Å². The van der Waals surface area contributed by atoms with Gasteiger partial charge in [0.2, 0.25) is 0 Å². The molecule has 0 aromatic heterocycles. The standard InChI is InChI=1S/C31H25F2IO4/c32-31(33)27(38-28(35)22-13-5-1-6-14-22)26(37-29(31)34)21-36-30(23-15-7-2-8-16-23,24-17-9-3-10-18-24)25-19-11-4-12-20-25/h1-20,26-27,29H,21H2. The summed E-state index contributed by atoms with van der Waals surface area (Å²) in [6.07, 6.45) is -3.02. The molecule has 0 radical (unpaired) electrons. The fourth-order valence-electron chi connectivity index (χ4n) is 4.71. The summed E-state index contributed by atoms with van der Waals surface area (Å²) < 4.78 is 46.7. The van der Waals surface area contributed by atoms with E-state index in [1.165, 1.54) is 12.1 Å². The summed E-state index contributed by atoms with van der Waals surface area (Å²) in [6, 6.07) is 36.9. The highest BCUT2D eigenvalue weighted by Crippen LogP contribution is 2.45. The minimum atomic E-state index is -3.41. The maximum Gasteiger partial charge on any atom is 0.338 e. The average molecular weight is 626 g/mol. The molecule has 1 aliphatic rings. The summed E-state index contributed by atoms with van der Waals surface area (Å²) in [5, 5.41) is 0. The molecule has 7 heteroatoms. The first kappa shape index (κ1) is 26.5. The number of ether oxygens (including phenoxy) is 3. The van der Waals surface area contributed by atoms with Gasteiger partial charge < -0.3 is 14.2 Å². The van der Waals surface area contributed by atoms with E-state index in [0.29, 0.717) is 0 Å². The molecule has 0 spiro atoms. The lowest BCUT2D eigenvalue weighted by molar-refractivity contribution is -0.106. The van der Waals surface area contributed by atoms with Crippen molar-refractivity contribution in [2.24, 2.45) is 0 Å². The Morgan fingerprint density at radius 3 is 1.63 bits per heavy atom. The van der Waals surface area contributed by atoms with Gasteiger partial charge in [-0.05, 0) is 51.4 Å². The third-order valence-electron chi connectivity index (χ3n) is 6.56. The Morgan fingerprint density at radius 2 is 1.18 bits per heavy atom. The molecule has 0 N–H and O–H groups in total. The molecule has 1 saturated heterocycles. The molecule has 1 fully saturated rings. The second-order valence-electron chi connectivity index (χ2n) is 8.95. The van der Waals surface area contributed by atoms with Gasteiger partial charge in [0, 0.05) is 0 Å². The van der Waals surface area contributed by atoms with Gasteiger partial charge in [0.1, 0.15) is 11.7 Å². The molecule has 1 heterocycles. The SMILES string of the molecule is O=C(OC1C(COC(c2ccccc2)(c2ccccc2)c2ccccc2)OC(I)C1(F)F)c1ccccc1. The first-order valence-electron chi connectivity index (χ1n) is 12.2. The minimum Gasteiger partial charge on any atom is -0.449 e. The van der Waals surface area contributed by atoms with Crippen LogP contribution in [0.1, 0.15) is 27.0 Å². The molecule has 0 bridgehead atoms. The number of rotatable bonds is 8. The zero-order valence-corrected chi connectivity index (χ0v) is 22.4. The molecular formula is C31H25F2IO4. The summed E-state index contributed by atoms with van der Waals surface area (Å²) in [5.74, 6) is -4.25. The van der Waals surface area contributed by atoms with Crippen LogP contribution in [-0.4, -0.2) is 34.8 Å². The van der Waals surface area contributed by atoms with Crippen LogP contribution in [0, 0.1) is 0 Å². The number of halogens is 3. The number of carbonyl (C=O) groups is 1. The predicted octanol–water partition coefficient (Wildman–Crippen LogP) is 7.02. The highest BCUT2D eigenvalue weighted by molar-refractivity contribution is 14.1. The van der Waals surface area contributed by atoms with Gasteiger partial charge in [-0.1, -0.05) is 109 Å². The van der Waals surface area contributed by atoms with Crippen molar-refractivity contribution in [3.63, 3.8) is 0 Å². The van der Waals surface area contributed by atoms with Crippen molar-refractivity contribution in [3.05, 3.63) is 144 Å². The summed E-state index contributed by atoms with van der Waals surface area (Å²) in [6.45, 7) is -0.249. The first-order valence-corrected chi connectivity index (χ1v) is 13.4. The Bertz CT molecular complexity index is 1240. The third-order valence-corrected chi connectivity index (χ3v) is 7.69. The fourth-order valence-corrected chi connectivity index (χ4v) is 5.44. The molecule has 194 valence electrons. The number of hydrogen-bond acceptors (Lipinski definition) is 4. The second-order valence-corrected chi connectivity index (χ2v) is 10.1. The molecule has 3 atom stereocenters. The van der Waals surface area contributed by atoms with Gasteiger partial charge in [-0.3, -0.25) is 0 Å². The van der Waals surface area contributed by atoms with Crippen LogP contribution < -0.4 is 0 Å². The smallest absolute Gasteiger partial charge is 0.338 e. The zero-order valence-electron chi connectivity index (χ0n) is 20.3. The van der Waals surface area contributed by atoms with Crippen molar-refractivity contribution in [3.8, 4) is 0 Å². The molecule has 0 saturated carbocycles. The van der Waals surface area contributed by atoms with E-state index in [9.17, 15) is 4.79 Å². The molecule has 1 aliphatic heterocycles. The van der Waals surface area contributed by atoms with E-state index in [2.05, 4.69) is 0 Å². The van der Waals surface area contributed by atoms with Crippen molar-refractivity contribution in [1.29, 1.82) is 0 Å². The zero-order chi connectivity index (χ0) is 26.6. The van der Waals surface area contributed by atoms with Crippen LogP contribution >= 0.6 is 22.6 Å². The van der Waals surface area contributed by atoms with Crippen LogP contribution in [-0.2, 0) is 19.8 Å². The van der Waals surface area contributed by atoms with Crippen LogP contribution in [0.15, 0.2) is 121 Å². The molecule has 4 aromatic rings. The monoisotopic (exact) mass is 626 g/mol. The molecule has 0 amide bonds. The summed E-state index contributed by atoms with van der Waals surface area (Å²) in [4.78, 5) is 12.8. The largest absolute Gasteiger partial charge is 0.449 e. The van der Waals surface area contributed by atoms with Gasteiger partial charge in [-0.2, -0.15) is 8.78 Å². The second kappa shape index (κ2) is 11.3. The van der Waals surface area contributed by atoms with E-state index in [0.717, 1.165) is 16.7 Å². The maximum absolute atomic E-state index is 15.3. The van der Waals surface area contributed by atoms with Gasteiger partial charge in [-0.15, -0.1) is 0 Å². The quantitative estimate of drug-likeness (QED) is 0.0914. The number of carbonyl (C=O) groups excluding carboxylic acids is 1. The van der Waals surface area contributed by atoms with Crippen molar-refractivity contribution in [2.75, 3.05) is 6.61 Å². The molecule has 5 rings (SSSR count). The number of alkyl halides is 3. The predicted molar refractivity (Wildman–Crippen MR) is 148 cm³/mol. The maximum atomic E-state index is 15.3. The summed E-state index contributed by atoms with van der Waals surface area (Å²) in [5.41, 5.74) is 1.54. The lowest BCUT2D eigenvalue weighted by Gasteiger charge is -2.37. The van der Waals surface area contributed by atoms with Crippen LogP contribution in [0.5, 0.6) is 0 Å². The van der Waals surface area contributed by atoms with Crippen molar-refractivity contribution in [1.82, 2.24) is 0 Å². The first-order chi connectivity index (χ1) is 18.4. The van der Waals surface area contributed by atoms with Crippen molar-refractivity contribution < 1.29 is 27.8 Å². The van der Waals surface area contributed by atoms with Crippen molar-refractivity contribution >= 4 is 28.6 Å². The van der Waals surface area contributed by atoms with E-state index in [-0.39, 0.29) is 12.2 Å². The van der Waals surface area contributed by atoms with Gasteiger partial charge in [0.25, 0.3) is 0 Å². The fraction of sp³-hybridized carbons (Fsp3) is 0.194. The molecule has 4 nitrogen and oxygen atoms in total. The van der Waals surface area contributed by atoms with Gasteiger partial charge in [-0.25, -0.2) is 4.79 Å². The highest BCUT2D eigenvalue weighted by Gasteiger charge is 2.61. The Kier molecular flexibility index (Phi) is 7.88. The van der Waals surface area contributed by atoms with E-state index in [1.807, 2.05) is 91.0 Å². The highest BCUT2D eigenvalue weighted by atomic mass is 127. The average Bonchev–Trinajstić information content (AvgIpc) is 3.18. The molecule has 3 unspecified atom stereocenters. The Hall–Kier alpha value is -3.14. The molecule has 4 aromatic carbocycles. The molecule has 38 heavy (non-hydrogen) atoms. The van der Waals surface area contributed by atoms with E-state index in [1.54, 1.807) is 40.8 Å². The van der Waals surface area contributed by atoms with Crippen LogP contribution in [0.25, 0.3) is 0 Å². The third kappa shape index (κ3) is 5.10. The van der Waals surface area contributed by atoms with Gasteiger partial charge in [0.05, 0.1) is 12.2 Å². The lowest BCUT2D eigenvalue weighted by Crippen LogP contribution is -2.44. The van der Waals surface area contributed by atoms with Crippen LogP contribution in [0.3, 0.4) is 0 Å².